The Morgan fingerprint density at radius 2 is 2.20 bits per heavy atom. The Hall–Kier alpha value is -1.54. The van der Waals surface area contributed by atoms with Gasteiger partial charge in [0.2, 0.25) is 5.91 Å². The van der Waals surface area contributed by atoms with Gasteiger partial charge in [-0.15, -0.1) is 6.58 Å². The average Bonchev–Trinajstić information content (AvgIpc) is 2.25. The van der Waals surface area contributed by atoms with Gasteiger partial charge in [-0.25, -0.2) is 0 Å². The molecule has 1 aromatic rings. The minimum absolute atomic E-state index is 0.158. The fraction of sp³-hybridized carbons (Fsp3) is 0.0833. The van der Waals surface area contributed by atoms with Crippen molar-refractivity contribution >= 4 is 23.6 Å². The van der Waals surface area contributed by atoms with E-state index in [4.69, 9.17) is 11.6 Å². The Morgan fingerprint density at radius 1 is 1.47 bits per heavy atom. The third-order valence-corrected chi connectivity index (χ3v) is 2.08. The molecule has 0 saturated carbocycles. The predicted octanol–water partition coefficient (Wildman–Crippen LogP) is 2.66. The predicted molar refractivity (Wildman–Crippen MR) is 63.7 cm³/mol. The highest BCUT2D eigenvalue weighted by atomic mass is 35.5. The largest absolute Gasteiger partial charge is 0.349 e. The van der Waals surface area contributed by atoms with Gasteiger partial charge in [-0.1, -0.05) is 35.9 Å². The molecule has 2 nitrogen and oxygen atoms in total. The first-order valence-corrected chi connectivity index (χ1v) is 4.93. The molecule has 1 amide bonds. The normalized spacial score (nSPS) is 10.2. The Labute approximate surface area is 94.3 Å². The number of benzene rings is 1. The molecule has 1 N–H and O–H groups in total. The number of amides is 1. The van der Waals surface area contributed by atoms with Crippen molar-refractivity contribution in [2.45, 2.75) is 0 Å². The van der Waals surface area contributed by atoms with Gasteiger partial charge in [0.15, 0.2) is 0 Å². The molecule has 0 aromatic heterocycles. The van der Waals surface area contributed by atoms with E-state index in [0.29, 0.717) is 11.6 Å². The molecule has 0 aliphatic carbocycles. The van der Waals surface area contributed by atoms with Crippen molar-refractivity contribution in [3.63, 3.8) is 0 Å². The van der Waals surface area contributed by atoms with Crippen LogP contribution in [0.3, 0.4) is 0 Å². The van der Waals surface area contributed by atoms with Crippen molar-refractivity contribution in [1.82, 2.24) is 5.32 Å². The average molecular weight is 222 g/mol. The molecule has 0 atom stereocenters. The summed E-state index contributed by atoms with van der Waals surface area (Å²) in [6.07, 6.45) is 4.76. The maximum atomic E-state index is 11.2. The van der Waals surface area contributed by atoms with Gasteiger partial charge in [0.05, 0.1) is 0 Å². The molecule has 3 heteroatoms. The third kappa shape index (κ3) is 4.00. The lowest BCUT2D eigenvalue weighted by Gasteiger charge is -1.97. The van der Waals surface area contributed by atoms with Crippen LogP contribution in [0.5, 0.6) is 0 Å². The highest BCUT2D eigenvalue weighted by Crippen LogP contribution is 2.15. The second-order valence-corrected chi connectivity index (χ2v) is 3.30. The lowest BCUT2D eigenvalue weighted by molar-refractivity contribution is -0.116. The van der Waals surface area contributed by atoms with E-state index >= 15 is 0 Å². The van der Waals surface area contributed by atoms with Crippen LogP contribution >= 0.6 is 11.6 Å². The zero-order chi connectivity index (χ0) is 11.1. The molecule has 0 fully saturated rings. The molecule has 0 unspecified atom stereocenters. The molecule has 1 aromatic carbocycles. The fourth-order valence-electron chi connectivity index (χ4n) is 1.01. The molecule has 0 aliphatic rings. The molecular weight excluding hydrogens is 210 g/mol. The SMILES string of the molecule is C=CCNC(=O)C=Cc1ccccc1Cl. The van der Waals surface area contributed by atoms with Crippen molar-refractivity contribution < 1.29 is 4.79 Å². The summed E-state index contributed by atoms with van der Waals surface area (Å²) in [6, 6.07) is 7.34. The highest BCUT2D eigenvalue weighted by Gasteiger charge is 1.95. The van der Waals surface area contributed by atoms with E-state index in [-0.39, 0.29) is 5.91 Å². The lowest BCUT2D eigenvalue weighted by Crippen LogP contribution is -2.20. The standard InChI is InChI=1S/C12H12ClNO/c1-2-9-14-12(15)8-7-10-5-3-4-6-11(10)13/h2-8H,1,9H2,(H,14,15). The molecule has 1 rings (SSSR count). The Kier molecular flexibility index (Phi) is 4.64. The maximum absolute atomic E-state index is 11.2. The summed E-state index contributed by atoms with van der Waals surface area (Å²) in [4.78, 5) is 11.2. The minimum Gasteiger partial charge on any atom is -0.349 e. The molecule has 0 saturated heterocycles. The molecule has 0 radical (unpaired) electrons. The summed E-state index contributed by atoms with van der Waals surface area (Å²) >= 11 is 5.91. The highest BCUT2D eigenvalue weighted by molar-refractivity contribution is 6.32. The van der Waals surface area contributed by atoms with Gasteiger partial charge in [0, 0.05) is 17.6 Å². The number of hydrogen-bond acceptors (Lipinski definition) is 1. The minimum atomic E-state index is -0.158. The topological polar surface area (TPSA) is 29.1 Å². The summed E-state index contributed by atoms with van der Waals surface area (Å²) in [5.74, 6) is -0.158. The molecule has 0 spiro atoms. The van der Waals surface area contributed by atoms with Crippen LogP contribution in [0.1, 0.15) is 5.56 Å². The zero-order valence-corrected chi connectivity index (χ0v) is 9.00. The van der Waals surface area contributed by atoms with Crippen LogP contribution in [0.25, 0.3) is 6.08 Å². The van der Waals surface area contributed by atoms with Gasteiger partial charge >= 0.3 is 0 Å². The second-order valence-electron chi connectivity index (χ2n) is 2.89. The molecule has 0 heterocycles. The van der Waals surface area contributed by atoms with E-state index in [1.54, 1.807) is 18.2 Å². The summed E-state index contributed by atoms with van der Waals surface area (Å²) in [5, 5.41) is 3.27. The van der Waals surface area contributed by atoms with Gasteiger partial charge < -0.3 is 5.32 Å². The fourth-order valence-corrected chi connectivity index (χ4v) is 1.21. The van der Waals surface area contributed by atoms with Crippen LogP contribution in [0.15, 0.2) is 43.0 Å². The molecular formula is C12H12ClNO. The summed E-state index contributed by atoms with van der Waals surface area (Å²) in [7, 11) is 0. The molecule has 0 aliphatic heterocycles. The first-order chi connectivity index (χ1) is 7.24. The summed E-state index contributed by atoms with van der Waals surface area (Å²) in [5.41, 5.74) is 0.827. The number of carbonyl (C=O) groups is 1. The molecule has 15 heavy (non-hydrogen) atoms. The second kappa shape index (κ2) is 6.04. The van der Waals surface area contributed by atoms with Crippen LogP contribution in [0.2, 0.25) is 5.02 Å². The number of carbonyl (C=O) groups excluding carboxylic acids is 1. The number of hydrogen-bond donors (Lipinski definition) is 1. The van der Waals surface area contributed by atoms with E-state index in [1.165, 1.54) is 6.08 Å². The van der Waals surface area contributed by atoms with Crippen molar-refractivity contribution in [2.24, 2.45) is 0 Å². The van der Waals surface area contributed by atoms with E-state index in [2.05, 4.69) is 11.9 Å². The molecule has 0 bridgehead atoms. The van der Waals surface area contributed by atoms with Gasteiger partial charge in [-0.3, -0.25) is 4.79 Å². The van der Waals surface area contributed by atoms with Gasteiger partial charge in [0.25, 0.3) is 0 Å². The summed E-state index contributed by atoms with van der Waals surface area (Å²) in [6.45, 7) is 3.97. The van der Waals surface area contributed by atoms with Crippen LogP contribution in [-0.4, -0.2) is 12.5 Å². The number of rotatable bonds is 4. The van der Waals surface area contributed by atoms with Crippen LogP contribution in [0, 0.1) is 0 Å². The van der Waals surface area contributed by atoms with Crippen LogP contribution < -0.4 is 5.32 Å². The zero-order valence-electron chi connectivity index (χ0n) is 8.24. The first kappa shape index (κ1) is 11.5. The Morgan fingerprint density at radius 3 is 2.87 bits per heavy atom. The van der Waals surface area contributed by atoms with Gasteiger partial charge in [-0.05, 0) is 17.7 Å². The van der Waals surface area contributed by atoms with Crippen molar-refractivity contribution in [3.8, 4) is 0 Å². The van der Waals surface area contributed by atoms with Crippen molar-refractivity contribution in [2.75, 3.05) is 6.54 Å². The number of nitrogens with one attached hydrogen (secondary N) is 1. The summed E-state index contributed by atoms with van der Waals surface area (Å²) < 4.78 is 0. The Bertz CT molecular complexity index is 385. The van der Waals surface area contributed by atoms with Crippen LogP contribution in [0.4, 0.5) is 0 Å². The Balaban J connectivity index is 2.61. The smallest absolute Gasteiger partial charge is 0.244 e. The lowest BCUT2D eigenvalue weighted by atomic mass is 10.2. The van der Waals surface area contributed by atoms with E-state index < -0.39 is 0 Å². The molecule has 78 valence electrons. The van der Waals surface area contributed by atoms with Gasteiger partial charge in [-0.2, -0.15) is 0 Å². The quantitative estimate of drug-likeness (QED) is 0.615. The third-order valence-electron chi connectivity index (χ3n) is 1.74. The van der Waals surface area contributed by atoms with Crippen LogP contribution in [-0.2, 0) is 4.79 Å². The van der Waals surface area contributed by atoms with E-state index in [9.17, 15) is 4.79 Å². The van der Waals surface area contributed by atoms with Crippen molar-refractivity contribution in [3.05, 3.63) is 53.6 Å². The monoisotopic (exact) mass is 221 g/mol. The van der Waals surface area contributed by atoms with E-state index in [1.807, 2.05) is 18.2 Å². The first-order valence-electron chi connectivity index (χ1n) is 4.55. The van der Waals surface area contributed by atoms with E-state index in [0.717, 1.165) is 5.56 Å². The maximum Gasteiger partial charge on any atom is 0.244 e. The van der Waals surface area contributed by atoms with Gasteiger partial charge in [0.1, 0.15) is 0 Å². The van der Waals surface area contributed by atoms with Crippen molar-refractivity contribution in [1.29, 1.82) is 0 Å². The number of halogens is 1.